The largest absolute Gasteiger partial charge is 0.468 e. The molecule has 86 valence electrons. The van der Waals surface area contributed by atoms with Crippen LogP contribution in [0.5, 0.6) is 0 Å². The van der Waals surface area contributed by atoms with E-state index >= 15 is 0 Å². The number of carbonyl (C=O) groups is 1. The second kappa shape index (κ2) is 4.61. The number of pyridine rings is 1. The van der Waals surface area contributed by atoms with E-state index in [0.717, 1.165) is 25.0 Å². The molecule has 1 aromatic heterocycles. The Bertz CT molecular complexity index is 361. The molecule has 0 amide bonds. The van der Waals surface area contributed by atoms with Gasteiger partial charge in [0.05, 0.1) is 12.8 Å². The van der Waals surface area contributed by atoms with Crippen LogP contribution >= 0.6 is 0 Å². The predicted octanol–water partition coefficient (Wildman–Crippen LogP) is 1.27. The van der Waals surface area contributed by atoms with Crippen LogP contribution in [0.2, 0.25) is 0 Å². The normalized spacial score (nSPS) is 17.6. The van der Waals surface area contributed by atoms with Crippen molar-refractivity contribution in [1.29, 1.82) is 0 Å². The molecule has 1 fully saturated rings. The molecule has 4 nitrogen and oxygen atoms in total. The van der Waals surface area contributed by atoms with Crippen molar-refractivity contribution < 1.29 is 9.53 Å². The van der Waals surface area contributed by atoms with Gasteiger partial charge < -0.3 is 4.74 Å². The number of hydrogen-bond donors (Lipinski definition) is 1. The standard InChI is InChI=1S/C12H16N2O2/c1-16-11(15)12(6-4-7-12)14-9-10-5-2-3-8-13-10/h2-3,5,8,14H,4,6-7,9H2,1H3. The summed E-state index contributed by atoms with van der Waals surface area (Å²) in [6, 6.07) is 5.76. The second-order valence-electron chi connectivity index (χ2n) is 4.10. The van der Waals surface area contributed by atoms with Crippen LogP contribution < -0.4 is 5.32 Å². The number of carbonyl (C=O) groups excluding carboxylic acids is 1. The summed E-state index contributed by atoms with van der Waals surface area (Å²) in [4.78, 5) is 15.8. The number of methoxy groups -OCH3 is 1. The zero-order valence-electron chi connectivity index (χ0n) is 9.40. The van der Waals surface area contributed by atoms with Gasteiger partial charge in [0.15, 0.2) is 0 Å². The zero-order chi connectivity index (χ0) is 11.4. The fourth-order valence-corrected chi connectivity index (χ4v) is 1.94. The highest BCUT2D eigenvalue weighted by atomic mass is 16.5. The molecule has 1 heterocycles. The molecule has 1 aliphatic carbocycles. The molecule has 16 heavy (non-hydrogen) atoms. The molecule has 2 rings (SSSR count). The lowest BCUT2D eigenvalue weighted by molar-refractivity contribution is -0.152. The summed E-state index contributed by atoms with van der Waals surface area (Å²) in [6.45, 7) is 0.607. The van der Waals surface area contributed by atoms with E-state index in [0.29, 0.717) is 6.54 Å². The van der Waals surface area contributed by atoms with Gasteiger partial charge in [0, 0.05) is 12.7 Å². The Hall–Kier alpha value is -1.42. The number of rotatable bonds is 4. The third-order valence-electron chi connectivity index (χ3n) is 3.12. The van der Waals surface area contributed by atoms with Crippen molar-refractivity contribution in [3.05, 3.63) is 30.1 Å². The van der Waals surface area contributed by atoms with Gasteiger partial charge in [-0.2, -0.15) is 0 Å². The summed E-state index contributed by atoms with van der Waals surface area (Å²) >= 11 is 0. The Labute approximate surface area is 95.0 Å². The van der Waals surface area contributed by atoms with E-state index in [2.05, 4.69) is 10.3 Å². The van der Waals surface area contributed by atoms with Crippen molar-refractivity contribution in [2.75, 3.05) is 7.11 Å². The van der Waals surface area contributed by atoms with E-state index in [1.807, 2.05) is 18.2 Å². The summed E-state index contributed by atoms with van der Waals surface area (Å²) < 4.78 is 4.82. The average Bonchev–Trinajstić information content (AvgIpc) is 2.28. The summed E-state index contributed by atoms with van der Waals surface area (Å²) in [7, 11) is 1.44. The number of nitrogens with zero attached hydrogens (tertiary/aromatic N) is 1. The van der Waals surface area contributed by atoms with E-state index in [1.54, 1.807) is 6.20 Å². The first-order valence-electron chi connectivity index (χ1n) is 5.50. The predicted molar refractivity (Wildman–Crippen MR) is 59.7 cm³/mol. The van der Waals surface area contributed by atoms with E-state index in [4.69, 9.17) is 4.74 Å². The van der Waals surface area contributed by atoms with Gasteiger partial charge in [0.1, 0.15) is 5.54 Å². The highest BCUT2D eigenvalue weighted by Gasteiger charge is 2.44. The molecule has 1 N–H and O–H groups in total. The molecule has 0 saturated heterocycles. The lowest BCUT2D eigenvalue weighted by Gasteiger charge is -2.39. The zero-order valence-corrected chi connectivity index (χ0v) is 9.40. The van der Waals surface area contributed by atoms with Crippen LogP contribution in [0.4, 0.5) is 0 Å². The third-order valence-corrected chi connectivity index (χ3v) is 3.12. The van der Waals surface area contributed by atoms with Gasteiger partial charge in [-0.3, -0.25) is 15.1 Å². The fourth-order valence-electron chi connectivity index (χ4n) is 1.94. The number of nitrogens with one attached hydrogen (secondary N) is 1. The van der Waals surface area contributed by atoms with Crippen molar-refractivity contribution in [2.24, 2.45) is 0 Å². The van der Waals surface area contributed by atoms with Crippen LogP contribution in [-0.2, 0) is 16.1 Å². The third kappa shape index (κ3) is 2.07. The topological polar surface area (TPSA) is 51.2 Å². The minimum atomic E-state index is -0.466. The molecule has 4 heteroatoms. The molecule has 0 atom stereocenters. The van der Waals surface area contributed by atoms with Crippen molar-refractivity contribution >= 4 is 5.97 Å². The molecular weight excluding hydrogens is 204 g/mol. The molecule has 0 radical (unpaired) electrons. The first kappa shape index (κ1) is 11.1. The maximum Gasteiger partial charge on any atom is 0.326 e. The highest BCUT2D eigenvalue weighted by molar-refractivity contribution is 5.81. The highest BCUT2D eigenvalue weighted by Crippen LogP contribution is 2.33. The number of aromatic nitrogens is 1. The Balaban J connectivity index is 1.96. The molecule has 1 aliphatic rings. The molecule has 1 aromatic rings. The van der Waals surface area contributed by atoms with Gasteiger partial charge in [-0.1, -0.05) is 6.07 Å². The molecule has 0 unspecified atom stereocenters. The van der Waals surface area contributed by atoms with Crippen LogP contribution in [0.15, 0.2) is 24.4 Å². The summed E-state index contributed by atoms with van der Waals surface area (Å²) in [5, 5.41) is 3.26. The van der Waals surface area contributed by atoms with Crippen molar-refractivity contribution in [1.82, 2.24) is 10.3 Å². The van der Waals surface area contributed by atoms with E-state index < -0.39 is 5.54 Å². The fraction of sp³-hybridized carbons (Fsp3) is 0.500. The van der Waals surface area contributed by atoms with Crippen LogP contribution in [0.25, 0.3) is 0 Å². The molecule has 0 aliphatic heterocycles. The van der Waals surface area contributed by atoms with Crippen LogP contribution in [-0.4, -0.2) is 23.6 Å². The average molecular weight is 220 g/mol. The first-order chi connectivity index (χ1) is 7.77. The van der Waals surface area contributed by atoms with Gasteiger partial charge in [-0.05, 0) is 31.4 Å². The second-order valence-corrected chi connectivity index (χ2v) is 4.10. The van der Waals surface area contributed by atoms with E-state index in [-0.39, 0.29) is 5.97 Å². The van der Waals surface area contributed by atoms with Gasteiger partial charge >= 0.3 is 5.97 Å². The molecule has 0 bridgehead atoms. The van der Waals surface area contributed by atoms with Gasteiger partial charge in [-0.15, -0.1) is 0 Å². The van der Waals surface area contributed by atoms with Crippen LogP contribution in [0.3, 0.4) is 0 Å². The SMILES string of the molecule is COC(=O)C1(NCc2ccccn2)CCC1. The monoisotopic (exact) mass is 220 g/mol. The lowest BCUT2D eigenvalue weighted by Crippen LogP contribution is -2.57. The van der Waals surface area contributed by atoms with Crippen molar-refractivity contribution in [2.45, 2.75) is 31.3 Å². The van der Waals surface area contributed by atoms with E-state index in [9.17, 15) is 4.79 Å². The van der Waals surface area contributed by atoms with Gasteiger partial charge in [0.25, 0.3) is 0 Å². The van der Waals surface area contributed by atoms with Crippen LogP contribution in [0.1, 0.15) is 25.0 Å². The van der Waals surface area contributed by atoms with Crippen molar-refractivity contribution in [3.8, 4) is 0 Å². The van der Waals surface area contributed by atoms with Gasteiger partial charge in [-0.25, -0.2) is 0 Å². The van der Waals surface area contributed by atoms with E-state index in [1.165, 1.54) is 7.11 Å². The summed E-state index contributed by atoms with van der Waals surface area (Å²) in [5.74, 6) is -0.158. The molecule has 1 saturated carbocycles. The van der Waals surface area contributed by atoms with Gasteiger partial charge in [0.2, 0.25) is 0 Å². The molecule has 0 spiro atoms. The minimum absolute atomic E-state index is 0.158. The Morgan fingerprint density at radius 3 is 2.88 bits per heavy atom. The first-order valence-corrected chi connectivity index (χ1v) is 5.50. The maximum atomic E-state index is 11.6. The Morgan fingerprint density at radius 2 is 2.38 bits per heavy atom. The molecule has 0 aromatic carbocycles. The Morgan fingerprint density at radius 1 is 1.56 bits per heavy atom. The number of ether oxygens (including phenoxy) is 1. The number of esters is 1. The summed E-state index contributed by atoms with van der Waals surface area (Å²) in [5.41, 5.74) is 0.476. The smallest absolute Gasteiger partial charge is 0.326 e. The maximum absolute atomic E-state index is 11.6. The van der Waals surface area contributed by atoms with Crippen LogP contribution in [0, 0.1) is 0 Å². The quantitative estimate of drug-likeness (QED) is 0.776. The number of hydrogen-bond acceptors (Lipinski definition) is 4. The van der Waals surface area contributed by atoms with Crippen molar-refractivity contribution in [3.63, 3.8) is 0 Å². The molecular formula is C12H16N2O2. The summed E-state index contributed by atoms with van der Waals surface area (Å²) in [6.07, 6.45) is 4.53. The lowest BCUT2D eigenvalue weighted by atomic mass is 9.76. The Kier molecular flexibility index (Phi) is 3.19. The minimum Gasteiger partial charge on any atom is -0.468 e.